The van der Waals surface area contributed by atoms with Crippen LogP contribution < -0.4 is 10.4 Å². The number of benzene rings is 1. The van der Waals surface area contributed by atoms with Crippen LogP contribution in [-0.2, 0) is 9.31 Å². The SMILES string of the molecule is CC1(C)OB(c2cccc(N3CCPCC3)c2)OC1(C)C. The zero-order valence-electron chi connectivity index (χ0n) is 13.5. The molecule has 0 bridgehead atoms. The highest BCUT2D eigenvalue weighted by atomic mass is 31.1. The molecule has 1 aromatic carbocycles. The van der Waals surface area contributed by atoms with Crippen molar-refractivity contribution in [3.8, 4) is 0 Å². The summed E-state index contributed by atoms with van der Waals surface area (Å²) < 4.78 is 12.3. The Morgan fingerprint density at radius 2 is 1.67 bits per heavy atom. The van der Waals surface area contributed by atoms with Crippen molar-refractivity contribution in [2.45, 2.75) is 38.9 Å². The maximum atomic E-state index is 6.15. The first-order valence-electron chi connectivity index (χ1n) is 7.80. The van der Waals surface area contributed by atoms with E-state index in [1.54, 1.807) is 0 Å². The van der Waals surface area contributed by atoms with Crippen LogP contribution >= 0.6 is 8.58 Å². The van der Waals surface area contributed by atoms with Gasteiger partial charge in [-0.1, -0.05) is 12.1 Å². The molecule has 0 N–H and O–H groups in total. The Labute approximate surface area is 130 Å². The highest BCUT2D eigenvalue weighted by Crippen LogP contribution is 2.36. The van der Waals surface area contributed by atoms with Crippen LogP contribution in [0.2, 0.25) is 0 Å². The molecular weight excluding hydrogens is 280 g/mol. The van der Waals surface area contributed by atoms with Crippen molar-refractivity contribution in [1.82, 2.24) is 0 Å². The Bertz CT molecular complexity index is 499. The van der Waals surface area contributed by atoms with Gasteiger partial charge in [0.1, 0.15) is 0 Å². The van der Waals surface area contributed by atoms with Crippen molar-refractivity contribution in [2.24, 2.45) is 0 Å². The summed E-state index contributed by atoms with van der Waals surface area (Å²) in [5.41, 5.74) is 1.87. The van der Waals surface area contributed by atoms with E-state index in [1.165, 1.54) is 31.1 Å². The summed E-state index contributed by atoms with van der Waals surface area (Å²) in [6.45, 7) is 10.7. The van der Waals surface area contributed by atoms with Gasteiger partial charge in [-0.25, -0.2) is 0 Å². The van der Waals surface area contributed by atoms with Gasteiger partial charge in [0.15, 0.2) is 0 Å². The number of hydrogen-bond donors (Lipinski definition) is 0. The van der Waals surface area contributed by atoms with Crippen LogP contribution in [0.3, 0.4) is 0 Å². The fourth-order valence-corrected chi connectivity index (χ4v) is 3.88. The van der Waals surface area contributed by atoms with E-state index in [-0.39, 0.29) is 18.3 Å². The van der Waals surface area contributed by atoms with Crippen molar-refractivity contribution < 1.29 is 9.31 Å². The Kier molecular flexibility index (Phi) is 4.07. The van der Waals surface area contributed by atoms with Crippen LogP contribution in [0.15, 0.2) is 24.3 Å². The molecule has 2 saturated heterocycles. The van der Waals surface area contributed by atoms with Gasteiger partial charge in [-0.2, -0.15) is 0 Å². The standard InChI is InChI=1S/C16H25BNO2P/c1-15(2)16(3,4)20-17(19-15)13-6-5-7-14(12-13)18-8-10-21-11-9-18/h5-7,12,21H,8-11H2,1-4H3. The monoisotopic (exact) mass is 305 g/mol. The summed E-state index contributed by atoms with van der Waals surface area (Å²) >= 11 is 0. The zero-order chi connectivity index (χ0) is 15.1. The van der Waals surface area contributed by atoms with Gasteiger partial charge < -0.3 is 14.2 Å². The van der Waals surface area contributed by atoms with Crippen molar-refractivity contribution in [3.63, 3.8) is 0 Å². The molecule has 3 rings (SSSR count). The first-order chi connectivity index (χ1) is 9.89. The van der Waals surface area contributed by atoms with Crippen molar-refractivity contribution in [2.75, 3.05) is 30.3 Å². The minimum Gasteiger partial charge on any atom is -0.399 e. The lowest BCUT2D eigenvalue weighted by molar-refractivity contribution is 0.00578. The number of anilines is 1. The lowest BCUT2D eigenvalue weighted by Crippen LogP contribution is -2.41. The van der Waals surface area contributed by atoms with E-state index >= 15 is 0 Å². The Morgan fingerprint density at radius 3 is 2.29 bits per heavy atom. The average molecular weight is 305 g/mol. The second kappa shape index (κ2) is 5.57. The van der Waals surface area contributed by atoms with Crippen molar-refractivity contribution in [1.29, 1.82) is 0 Å². The molecule has 0 radical (unpaired) electrons. The summed E-state index contributed by atoms with van der Waals surface area (Å²) in [5, 5.41) is 0. The molecule has 0 aromatic heterocycles. The molecule has 2 heterocycles. The van der Waals surface area contributed by atoms with E-state index in [9.17, 15) is 0 Å². The molecule has 2 fully saturated rings. The molecule has 0 unspecified atom stereocenters. The average Bonchev–Trinajstić information content (AvgIpc) is 2.69. The predicted octanol–water partition coefficient (Wildman–Crippen LogP) is 2.48. The van der Waals surface area contributed by atoms with Gasteiger partial charge in [0.25, 0.3) is 0 Å². The third kappa shape index (κ3) is 2.99. The number of rotatable bonds is 2. The van der Waals surface area contributed by atoms with Gasteiger partial charge in [0, 0.05) is 18.8 Å². The van der Waals surface area contributed by atoms with E-state index in [0.717, 1.165) is 14.0 Å². The van der Waals surface area contributed by atoms with Crippen molar-refractivity contribution in [3.05, 3.63) is 24.3 Å². The fourth-order valence-electron chi connectivity index (χ4n) is 2.77. The Morgan fingerprint density at radius 1 is 1.05 bits per heavy atom. The number of nitrogens with zero attached hydrogens (tertiary/aromatic N) is 1. The van der Waals surface area contributed by atoms with Crippen LogP contribution in [0.25, 0.3) is 0 Å². The first-order valence-corrected chi connectivity index (χ1v) is 9.22. The highest BCUT2D eigenvalue weighted by molar-refractivity contribution is 7.38. The topological polar surface area (TPSA) is 21.7 Å². The second-order valence-electron chi connectivity index (χ2n) is 6.92. The molecule has 0 aliphatic carbocycles. The highest BCUT2D eigenvalue weighted by Gasteiger charge is 2.51. The van der Waals surface area contributed by atoms with Gasteiger partial charge in [0.05, 0.1) is 11.2 Å². The largest absolute Gasteiger partial charge is 0.494 e. The molecular formula is C16H25BNO2P. The van der Waals surface area contributed by atoms with Crippen LogP contribution in [0.4, 0.5) is 5.69 Å². The van der Waals surface area contributed by atoms with E-state index in [0.29, 0.717) is 0 Å². The van der Waals surface area contributed by atoms with Gasteiger partial charge in [-0.05, 0) is 57.6 Å². The Balaban J connectivity index is 1.81. The van der Waals surface area contributed by atoms with E-state index in [1.807, 2.05) is 0 Å². The zero-order valence-corrected chi connectivity index (χ0v) is 14.5. The number of hydrogen-bond acceptors (Lipinski definition) is 3. The van der Waals surface area contributed by atoms with E-state index in [2.05, 4.69) is 56.9 Å². The van der Waals surface area contributed by atoms with Crippen LogP contribution in [0, 0.1) is 0 Å². The molecule has 0 atom stereocenters. The molecule has 21 heavy (non-hydrogen) atoms. The molecule has 0 amide bonds. The normalized spacial score (nSPS) is 24.4. The second-order valence-corrected chi connectivity index (χ2v) is 8.42. The summed E-state index contributed by atoms with van der Waals surface area (Å²) in [6, 6.07) is 8.66. The maximum absolute atomic E-state index is 6.15. The Hall–Kier alpha value is -0.565. The van der Waals surface area contributed by atoms with Gasteiger partial charge in [-0.15, -0.1) is 8.58 Å². The molecule has 2 aliphatic rings. The molecule has 2 aliphatic heterocycles. The minimum atomic E-state index is -0.278. The lowest BCUT2D eigenvalue weighted by Gasteiger charge is -2.32. The van der Waals surface area contributed by atoms with Gasteiger partial charge in [-0.3, -0.25) is 0 Å². The summed E-state index contributed by atoms with van der Waals surface area (Å²) in [4.78, 5) is 2.48. The molecule has 5 heteroatoms. The van der Waals surface area contributed by atoms with Crippen LogP contribution in [0.5, 0.6) is 0 Å². The van der Waals surface area contributed by atoms with Gasteiger partial charge >= 0.3 is 7.12 Å². The van der Waals surface area contributed by atoms with Crippen molar-refractivity contribution >= 4 is 26.8 Å². The molecule has 114 valence electrons. The lowest BCUT2D eigenvalue weighted by atomic mass is 9.79. The molecule has 0 spiro atoms. The third-order valence-electron chi connectivity index (χ3n) is 4.88. The minimum absolute atomic E-state index is 0.262. The summed E-state index contributed by atoms with van der Waals surface area (Å²) in [7, 11) is 0.867. The van der Waals surface area contributed by atoms with Crippen LogP contribution in [-0.4, -0.2) is 43.7 Å². The van der Waals surface area contributed by atoms with E-state index < -0.39 is 0 Å². The quantitative estimate of drug-likeness (QED) is 0.619. The first kappa shape index (κ1) is 15.3. The smallest absolute Gasteiger partial charge is 0.399 e. The molecule has 0 saturated carbocycles. The predicted molar refractivity (Wildman–Crippen MR) is 92.4 cm³/mol. The van der Waals surface area contributed by atoms with E-state index in [4.69, 9.17) is 9.31 Å². The maximum Gasteiger partial charge on any atom is 0.494 e. The summed E-state index contributed by atoms with van der Waals surface area (Å²) in [5.74, 6) is 0. The third-order valence-corrected chi connectivity index (χ3v) is 6.03. The molecule has 1 aromatic rings. The fraction of sp³-hybridized carbons (Fsp3) is 0.625. The summed E-state index contributed by atoms with van der Waals surface area (Å²) in [6.07, 6.45) is 2.64. The molecule has 3 nitrogen and oxygen atoms in total. The van der Waals surface area contributed by atoms with Crippen LogP contribution in [0.1, 0.15) is 27.7 Å². The van der Waals surface area contributed by atoms with Gasteiger partial charge in [0.2, 0.25) is 0 Å².